The zero-order valence-corrected chi connectivity index (χ0v) is 27.9. The monoisotopic (exact) mass is 624 g/mol. The van der Waals surface area contributed by atoms with Crippen LogP contribution in [0, 0.1) is 18.3 Å². The molecular formula is C34H52N6O3S. The molecule has 242 valence electrons. The van der Waals surface area contributed by atoms with E-state index in [1.54, 1.807) is 16.2 Å². The molecule has 2 fully saturated rings. The number of nitrogens with zero attached hydrogens (tertiary/aromatic N) is 3. The Morgan fingerprint density at radius 3 is 2.41 bits per heavy atom. The summed E-state index contributed by atoms with van der Waals surface area (Å²) in [6, 6.07) is 6.92. The number of thiazole rings is 1. The van der Waals surface area contributed by atoms with Crippen LogP contribution in [0.3, 0.4) is 0 Å². The fourth-order valence-electron chi connectivity index (χ4n) is 6.25. The second kappa shape index (κ2) is 16.0. The maximum absolute atomic E-state index is 13.8. The molecule has 0 saturated carbocycles. The summed E-state index contributed by atoms with van der Waals surface area (Å²) in [6.45, 7) is 12.9. The van der Waals surface area contributed by atoms with E-state index in [1.807, 2.05) is 45.3 Å². The number of piperidine rings is 1. The summed E-state index contributed by atoms with van der Waals surface area (Å²) in [4.78, 5) is 49.7. The minimum atomic E-state index is -0.685. The Labute approximate surface area is 267 Å². The van der Waals surface area contributed by atoms with Crippen LogP contribution in [0.5, 0.6) is 0 Å². The number of unbranched alkanes of at least 4 members (excludes halogenated alkanes) is 2. The highest BCUT2D eigenvalue weighted by atomic mass is 32.1. The van der Waals surface area contributed by atoms with E-state index in [-0.39, 0.29) is 17.7 Å². The predicted octanol–water partition coefficient (Wildman–Crippen LogP) is 4.49. The van der Waals surface area contributed by atoms with Gasteiger partial charge >= 0.3 is 0 Å². The molecule has 2 aliphatic heterocycles. The molecule has 4 N–H and O–H groups in total. The molecular weight excluding hydrogens is 572 g/mol. The molecule has 4 rings (SSSR count). The highest BCUT2D eigenvalue weighted by Gasteiger charge is 2.41. The van der Waals surface area contributed by atoms with Gasteiger partial charge in [-0.2, -0.15) is 0 Å². The van der Waals surface area contributed by atoms with Gasteiger partial charge in [0.15, 0.2) is 0 Å². The average molecular weight is 625 g/mol. The Morgan fingerprint density at radius 2 is 1.77 bits per heavy atom. The largest absolute Gasteiger partial charge is 0.350 e. The van der Waals surface area contributed by atoms with Gasteiger partial charge in [-0.1, -0.05) is 51.5 Å². The van der Waals surface area contributed by atoms with Crippen molar-refractivity contribution in [3.05, 3.63) is 41.0 Å². The number of hydrogen-bond acceptors (Lipinski definition) is 7. The van der Waals surface area contributed by atoms with Gasteiger partial charge < -0.3 is 26.2 Å². The molecule has 0 aliphatic carbocycles. The smallest absolute Gasteiger partial charge is 0.246 e. The number of aryl methyl sites for hydroxylation is 1. The van der Waals surface area contributed by atoms with Crippen LogP contribution in [0.1, 0.15) is 83.4 Å². The summed E-state index contributed by atoms with van der Waals surface area (Å²) >= 11 is 1.62. The van der Waals surface area contributed by atoms with Crippen LogP contribution in [0.2, 0.25) is 0 Å². The van der Waals surface area contributed by atoms with Gasteiger partial charge in [-0.15, -0.1) is 11.3 Å². The van der Waals surface area contributed by atoms with E-state index >= 15 is 0 Å². The number of carbonyl (C=O) groups excluding carboxylic acids is 3. The summed E-state index contributed by atoms with van der Waals surface area (Å²) in [6.07, 6.45) is 7.02. The van der Waals surface area contributed by atoms with Gasteiger partial charge in [0, 0.05) is 19.5 Å². The standard InChI is InChI=1S/C34H52N6O3S/c1-24-30(44-23-37-24)27-13-11-26(12-14-27)22-36-32(42)28-9-8-18-40(28)33(43)31(34(2,3)4)38-29(41)10-6-5-7-17-39-19-15-25(21-35)16-20-39/h11-14,23,25,28,31H,5-10,15-22,35H2,1-4H3,(H,36,42)(H,38,41). The van der Waals surface area contributed by atoms with Crippen LogP contribution in [-0.4, -0.2) is 77.3 Å². The van der Waals surface area contributed by atoms with Crippen molar-refractivity contribution in [2.75, 3.05) is 32.7 Å². The van der Waals surface area contributed by atoms with Crippen LogP contribution < -0.4 is 16.4 Å². The molecule has 0 spiro atoms. The highest BCUT2D eigenvalue weighted by molar-refractivity contribution is 7.13. The Balaban J connectivity index is 1.23. The molecule has 3 heterocycles. The third-order valence-corrected chi connectivity index (χ3v) is 10.1. The number of benzene rings is 1. The van der Waals surface area contributed by atoms with E-state index in [2.05, 4.69) is 32.7 Å². The van der Waals surface area contributed by atoms with E-state index < -0.39 is 17.5 Å². The molecule has 2 aromatic rings. The molecule has 2 unspecified atom stereocenters. The van der Waals surface area contributed by atoms with E-state index in [0.29, 0.717) is 31.8 Å². The number of nitrogens with two attached hydrogens (primary N) is 1. The molecule has 2 saturated heterocycles. The highest BCUT2D eigenvalue weighted by Crippen LogP contribution is 2.28. The minimum absolute atomic E-state index is 0.0980. The van der Waals surface area contributed by atoms with Crippen molar-refractivity contribution < 1.29 is 14.4 Å². The van der Waals surface area contributed by atoms with Crippen molar-refractivity contribution in [3.63, 3.8) is 0 Å². The maximum atomic E-state index is 13.8. The molecule has 10 heteroatoms. The normalized spacial score (nSPS) is 18.8. The third-order valence-electron chi connectivity index (χ3n) is 9.10. The molecule has 1 aromatic carbocycles. The first kappa shape index (κ1) is 34.1. The number of carbonyl (C=O) groups is 3. The van der Waals surface area contributed by atoms with Crippen LogP contribution in [-0.2, 0) is 20.9 Å². The number of rotatable bonds is 13. The Hall–Kier alpha value is -2.82. The summed E-state index contributed by atoms with van der Waals surface area (Å²) in [7, 11) is 0. The molecule has 1 aromatic heterocycles. The molecule has 9 nitrogen and oxygen atoms in total. The van der Waals surface area contributed by atoms with Crippen LogP contribution in [0.4, 0.5) is 0 Å². The van der Waals surface area contributed by atoms with Gasteiger partial charge in [-0.3, -0.25) is 14.4 Å². The third kappa shape index (κ3) is 9.34. The molecule has 2 aliphatic rings. The molecule has 2 atom stereocenters. The quantitative estimate of drug-likeness (QED) is 0.283. The van der Waals surface area contributed by atoms with Gasteiger partial charge in [0.05, 0.1) is 16.1 Å². The zero-order valence-electron chi connectivity index (χ0n) is 27.1. The molecule has 3 amide bonds. The number of likely N-dealkylation sites (tertiary alicyclic amines) is 2. The summed E-state index contributed by atoms with van der Waals surface area (Å²) in [5.41, 5.74) is 10.3. The second-order valence-electron chi connectivity index (χ2n) is 13.6. The lowest BCUT2D eigenvalue weighted by molar-refractivity contribution is -0.143. The topological polar surface area (TPSA) is 121 Å². The number of aromatic nitrogens is 1. The van der Waals surface area contributed by atoms with Gasteiger partial charge in [0.2, 0.25) is 17.7 Å². The Morgan fingerprint density at radius 1 is 1.05 bits per heavy atom. The molecule has 44 heavy (non-hydrogen) atoms. The lowest BCUT2D eigenvalue weighted by Crippen LogP contribution is -2.57. The van der Waals surface area contributed by atoms with Gasteiger partial charge in [-0.05, 0) is 94.1 Å². The van der Waals surface area contributed by atoms with Crippen molar-refractivity contribution in [2.24, 2.45) is 17.1 Å². The second-order valence-corrected chi connectivity index (χ2v) is 14.4. The lowest BCUT2D eigenvalue weighted by atomic mass is 9.85. The fraction of sp³-hybridized carbons (Fsp3) is 0.647. The van der Waals surface area contributed by atoms with Crippen molar-refractivity contribution in [3.8, 4) is 10.4 Å². The van der Waals surface area contributed by atoms with E-state index in [0.717, 1.165) is 73.6 Å². The van der Waals surface area contributed by atoms with Gasteiger partial charge in [-0.25, -0.2) is 4.98 Å². The summed E-state index contributed by atoms with van der Waals surface area (Å²) in [5, 5.41) is 6.07. The van der Waals surface area contributed by atoms with Crippen LogP contribution in [0.15, 0.2) is 29.8 Å². The average Bonchev–Trinajstić information content (AvgIpc) is 3.68. The molecule has 0 bridgehead atoms. The van der Waals surface area contributed by atoms with Gasteiger partial charge in [0.1, 0.15) is 12.1 Å². The van der Waals surface area contributed by atoms with E-state index in [4.69, 9.17) is 5.73 Å². The number of amides is 3. The first-order chi connectivity index (χ1) is 21.1. The SMILES string of the molecule is Cc1ncsc1-c1ccc(CNC(=O)C2CCCN2C(=O)C(NC(=O)CCCCCN2CCC(CN)CC2)C(C)(C)C)cc1. The van der Waals surface area contributed by atoms with E-state index in [9.17, 15) is 14.4 Å². The summed E-state index contributed by atoms with van der Waals surface area (Å²) in [5.74, 6) is 0.249. The minimum Gasteiger partial charge on any atom is -0.350 e. The van der Waals surface area contributed by atoms with Crippen molar-refractivity contribution >= 4 is 29.1 Å². The lowest BCUT2D eigenvalue weighted by Gasteiger charge is -2.35. The first-order valence-corrected chi connectivity index (χ1v) is 17.2. The predicted molar refractivity (Wildman–Crippen MR) is 177 cm³/mol. The van der Waals surface area contributed by atoms with Crippen molar-refractivity contribution in [2.45, 2.75) is 97.7 Å². The van der Waals surface area contributed by atoms with Crippen molar-refractivity contribution in [1.29, 1.82) is 0 Å². The van der Waals surface area contributed by atoms with Crippen LogP contribution in [0.25, 0.3) is 10.4 Å². The first-order valence-electron chi connectivity index (χ1n) is 16.4. The Kier molecular flexibility index (Phi) is 12.3. The summed E-state index contributed by atoms with van der Waals surface area (Å²) < 4.78 is 0. The van der Waals surface area contributed by atoms with Gasteiger partial charge in [0.25, 0.3) is 0 Å². The van der Waals surface area contributed by atoms with Crippen LogP contribution >= 0.6 is 11.3 Å². The maximum Gasteiger partial charge on any atom is 0.246 e. The Bertz CT molecular complexity index is 1230. The zero-order chi connectivity index (χ0) is 31.7. The fourth-order valence-corrected chi connectivity index (χ4v) is 7.07. The van der Waals surface area contributed by atoms with E-state index in [1.165, 1.54) is 12.8 Å². The van der Waals surface area contributed by atoms with Crippen molar-refractivity contribution in [1.82, 2.24) is 25.4 Å². The molecule has 0 radical (unpaired) electrons. The number of hydrogen-bond donors (Lipinski definition) is 3. The number of nitrogens with one attached hydrogen (secondary N) is 2.